The molecule has 0 N–H and O–H groups in total. The number of esters is 2. The first-order valence-corrected chi connectivity index (χ1v) is 8.84. The van der Waals surface area contributed by atoms with Crippen molar-refractivity contribution in [3.05, 3.63) is 71.8 Å². The Morgan fingerprint density at radius 1 is 0.852 bits per heavy atom. The Kier molecular flexibility index (Phi) is 4.87. The Bertz CT molecular complexity index is 843. The van der Waals surface area contributed by atoms with Crippen molar-refractivity contribution in [3.8, 4) is 0 Å². The van der Waals surface area contributed by atoms with E-state index in [1.54, 1.807) is 24.3 Å². The monoisotopic (exact) mass is 366 g/mol. The number of benzene rings is 2. The largest absolute Gasteiger partial charge is 0.468 e. The fraction of sp³-hybridized carbons (Fsp3) is 0.318. The molecule has 1 aliphatic carbocycles. The molecule has 140 valence electrons. The van der Waals surface area contributed by atoms with Crippen LogP contribution >= 0.6 is 0 Å². The number of carbonyl (C=O) groups is 3. The second-order valence-electron chi connectivity index (χ2n) is 6.65. The summed E-state index contributed by atoms with van der Waals surface area (Å²) in [6.07, 6.45) is 0.296. The molecule has 5 heteroatoms. The van der Waals surface area contributed by atoms with Gasteiger partial charge in [-0.3, -0.25) is 14.4 Å². The molecule has 0 spiro atoms. The fourth-order valence-electron chi connectivity index (χ4n) is 4.52. The summed E-state index contributed by atoms with van der Waals surface area (Å²) in [5.41, 5.74) is -1.76. The highest BCUT2D eigenvalue weighted by molar-refractivity contribution is 6.18. The molecule has 0 amide bonds. The average molecular weight is 366 g/mol. The van der Waals surface area contributed by atoms with Gasteiger partial charge in [-0.1, -0.05) is 67.6 Å². The second kappa shape index (κ2) is 6.99. The van der Waals surface area contributed by atoms with Crippen LogP contribution in [-0.2, 0) is 19.1 Å². The lowest BCUT2D eigenvalue weighted by Gasteiger charge is -2.20. The van der Waals surface area contributed by atoms with Crippen molar-refractivity contribution in [2.45, 2.75) is 19.3 Å². The maximum atomic E-state index is 13.6. The molecule has 2 aromatic rings. The molecule has 3 rings (SSSR count). The number of ketones is 1. The Balaban J connectivity index is 2.26. The third-order valence-corrected chi connectivity index (χ3v) is 5.69. The standard InChI is InChI=1S/C22H22O5/c1-4-21(18(23)16-13-9-6-10-14-16)17(15-11-7-5-8-12-15)22(21,19(24)26-2)20(25)27-3/h5-14,17H,4H2,1-3H3/t17-,21-/m0/s1. The van der Waals surface area contributed by atoms with Crippen LogP contribution in [0.25, 0.3) is 0 Å². The minimum Gasteiger partial charge on any atom is -0.468 e. The van der Waals surface area contributed by atoms with Gasteiger partial charge in [-0.15, -0.1) is 0 Å². The van der Waals surface area contributed by atoms with Crippen LogP contribution in [0.3, 0.4) is 0 Å². The lowest BCUT2D eigenvalue weighted by atomic mass is 9.83. The van der Waals surface area contributed by atoms with E-state index in [0.717, 1.165) is 5.56 Å². The van der Waals surface area contributed by atoms with Crippen LogP contribution in [0.1, 0.15) is 35.2 Å². The van der Waals surface area contributed by atoms with Gasteiger partial charge in [0.15, 0.2) is 11.2 Å². The number of hydrogen-bond donors (Lipinski definition) is 0. The number of ether oxygens (including phenoxy) is 2. The van der Waals surface area contributed by atoms with Crippen molar-refractivity contribution < 1.29 is 23.9 Å². The van der Waals surface area contributed by atoms with E-state index in [4.69, 9.17) is 9.47 Å². The van der Waals surface area contributed by atoms with E-state index in [2.05, 4.69) is 0 Å². The van der Waals surface area contributed by atoms with Crippen LogP contribution in [0.4, 0.5) is 0 Å². The molecule has 27 heavy (non-hydrogen) atoms. The molecule has 0 radical (unpaired) electrons. The molecule has 0 bridgehead atoms. The zero-order valence-electron chi connectivity index (χ0n) is 15.6. The van der Waals surface area contributed by atoms with Gasteiger partial charge in [0.05, 0.1) is 19.6 Å². The number of hydrogen-bond acceptors (Lipinski definition) is 5. The highest BCUT2D eigenvalue weighted by Crippen LogP contribution is 2.77. The van der Waals surface area contributed by atoms with Gasteiger partial charge in [0.2, 0.25) is 0 Å². The van der Waals surface area contributed by atoms with Gasteiger partial charge in [-0.05, 0) is 12.0 Å². The van der Waals surface area contributed by atoms with Crippen LogP contribution in [0.5, 0.6) is 0 Å². The highest BCUT2D eigenvalue weighted by Gasteiger charge is 2.88. The van der Waals surface area contributed by atoms with Gasteiger partial charge in [0.25, 0.3) is 0 Å². The lowest BCUT2D eigenvalue weighted by Crippen LogP contribution is -2.37. The third-order valence-electron chi connectivity index (χ3n) is 5.69. The summed E-state index contributed by atoms with van der Waals surface area (Å²) in [6, 6.07) is 17.8. The number of rotatable bonds is 6. The fourth-order valence-corrected chi connectivity index (χ4v) is 4.52. The molecular formula is C22H22O5. The van der Waals surface area contributed by atoms with Gasteiger partial charge in [0, 0.05) is 11.5 Å². The van der Waals surface area contributed by atoms with Crippen LogP contribution in [0.15, 0.2) is 60.7 Å². The van der Waals surface area contributed by atoms with E-state index in [1.165, 1.54) is 14.2 Å². The maximum absolute atomic E-state index is 13.6. The average Bonchev–Trinajstić information content (AvgIpc) is 3.38. The SMILES string of the molecule is CC[C@@]1(C(=O)c2ccccc2)[C@H](c2ccccc2)C1(C(=O)OC)C(=O)OC. The van der Waals surface area contributed by atoms with E-state index in [9.17, 15) is 14.4 Å². The molecule has 1 aliphatic rings. The van der Waals surface area contributed by atoms with Crippen molar-refractivity contribution in [2.24, 2.45) is 10.8 Å². The zero-order chi connectivity index (χ0) is 19.7. The zero-order valence-corrected chi connectivity index (χ0v) is 15.6. The molecule has 5 nitrogen and oxygen atoms in total. The first-order chi connectivity index (χ1) is 13.0. The van der Waals surface area contributed by atoms with Gasteiger partial charge in [-0.2, -0.15) is 0 Å². The van der Waals surface area contributed by atoms with Gasteiger partial charge in [0.1, 0.15) is 0 Å². The first-order valence-electron chi connectivity index (χ1n) is 8.84. The summed E-state index contributed by atoms with van der Waals surface area (Å²) in [7, 11) is 2.45. The number of methoxy groups -OCH3 is 2. The van der Waals surface area contributed by atoms with Crippen molar-refractivity contribution >= 4 is 17.7 Å². The van der Waals surface area contributed by atoms with Crippen molar-refractivity contribution in [2.75, 3.05) is 14.2 Å². The summed E-state index contributed by atoms with van der Waals surface area (Å²) in [5, 5.41) is 0. The lowest BCUT2D eigenvalue weighted by molar-refractivity contribution is -0.163. The predicted molar refractivity (Wildman–Crippen MR) is 99.1 cm³/mol. The summed E-state index contributed by atoms with van der Waals surface area (Å²) in [4.78, 5) is 39.4. The topological polar surface area (TPSA) is 69.7 Å². The predicted octanol–water partition coefficient (Wildman–Crippen LogP) is 3.40. The maximum Gasteiger partial charge on any atom is 0.324 e. The molecule has 0 saturated heterocycles. The van der Waals surface area contributed by atoms with Gasteiger partial charge < -0.3 is 9.47 Å². The minimum absolute atomic E-state index is 0.254. The molecule has 0 unspecified atom stereocenters. The van der Waals surface area contributed by atoms with Crippen LogP contribution in [0.2, 0.25) is 0 Å². The van der Waals surface area contributed by atoms with Crippen molar-refractivity contribution in [1.29, 1.82) is 0 Å². The normalized spacial score (nSPS) is 22.6. The van der Waals surface area contributed by atoms with E-state index in [-0.39, 0.29) is 5.78 Å². The Labute approximate surface area is 158 Å². The summed E-state index contributed by atoms with van der Waals surface area (Å²) >= 11 is 0. The third kappa shape index (κ3) is 2.41. The second-order valence-corrected chi connectivity index (χ2v) is 6.65. The quantitative estimate of drug-likeness (QED) is 0.445. The van der Waals surface area contributed by atoms with E-state index in [1.807, 2.05) is 43.3 Å². The molecule has 1 fully saturated rings. The van der Waals surface area contributed by atoms with E-state index >= 15 is 0 Å². The van der Waals surface area contributed by atoms with Crippen LogP contribution in [-0.4, -0.2) is 31.9 Å². The number of carbonyl (C=O) groups excluding carboxylic acids is 3. The van der Waals surface area contributed by atoms with E-state index in [0.29, 0.717) is 12.0 Å². The number of Topliss-reactive ketones (excluding diaryl/α,β-unsaturated/α-hetero) is 1. The molecule has 1 saturated carbocycles. The molecule has 2 aromatic carbocycles. The van der Waals surface area contributed by atoms with Crippen molar-refractivity contribution in [1.82, 2.24) is 0 Å². The smallest absolute Gasteiger partial charge is 0.324 e. The van der Waals surface area contributed by atoms with Gasteiger partial charge >= 0.3 is 11.9 Å². The van der Waals surface area contributed by atoms with Gasteiger partial charge in [-0.25, -0.2) is 0 Å². The Morgan fingerprint density at radius 2 is 1.33 bits per heavy atom. The first kappa shape index (κ1) is 18.8. The molecular weight excluding hydrogens is 344 g/mol. The van der Waals surface area contributed by atoms with Crippen molar-refractivity contribution in [3.63, 3.8) is 0 Å². The summed E-state index contributed by atoms with van der Waals surface area (Å²) in [6.45, 7) is 1.81. The Hall–Kier alpha value is -2.95. The highest BCUT2D eigenvalue weighted by atomic mass is 16.5. The van der Waals surface area contributed by atoms with Crippen LogP contribution < -0.4 is 0 Å². The van der Waals surface area contributed by atoms with Crippen LogP contribution in [0, 0.1) is 10.8 Å². The summed E-state index contributed by atoms with van der Waals surface area (Å²) in [5.74, 6) is -2.39. The van der Waals surface area contributed by atoms with E-state index < -0.39 is 28.7 Å². The minimum atomic E-state index is -1.69. The molecule has 0 aliphatic heterocycles. The summed E-state index contributed by atoms with van der Waals surface area (Å²) < 4.78 is 10.0. The molecule has 0 aromatic heterocycles. The molecule has 2 atom stereocenters. The molecule has 0 heterocycles. The Morgan fingerprint density at radius 3 is 1.78 bits per heavy atom.